The quantitative estimate of drug-likeness (QED) is 0.923. The van der Waals surface area contributed by atoms with Crippen LogP contribution in [0.3, 0.4) is 0 Å². The summed E-state index contributed by atoms with van der Waals surface area (Å²) in [6.07, 6.45) is 1.18. The number of likely N-dealkylation sites (tertiary alicyclic amines) is 1. The van der Waals surface area contributed by atoms with Crippen LogP contribution in [0.5, 0.6) is 5.75 Å². The van der Waals surface area contributed by atoms with Crippen molar-refractivity contribution >= 4 is 15.9 Å². The highest BCUT2D eigenvalue weighted by molar-refractivity contribution is 9.10. The van der Waals surface area contributed by atoms with Gasteiger partial charge in [-0.05, 0) is 72.9 Å². The summed E-state index contributed by atoms with van der Waals surface area (Å²) in [7, 11) is 1.69. The molecule has 1 aromatic rings. The first kappa shape index (κ1) is 14.8. The third-order valence-corrected chi connectivity index (χ3v) is 4.67. The number of nitrogens with zero attached hydrogens (tertiary/aromatic N) is 1. The Balaban J connectivity index is 2.33. The van der Waals surface area contributed by atoms with Crippen molar-refractivity contribution < 1.29 is 4.74 Å². The minimum Gasteiger partial charge on any atom is -0.496 e. The molecule has 19 heavy (non-hydrogen) atoms. The third-order valence-electron chi connectivity index (χ3n) is 4.05. The van der Waals surface area contributed by atoms with Gasteiger partial charge in [0.1, 0.15) is 5.75 Å². The number of methoxy groups -OCH3 is 1. The second-order valence-corrected chi connectivity index (χ2v) is 6.31. The number of nitrogens with two attached hydrogens (primary N) is 1. The molecule has 4 heteroatoms. The number of hydrogen-bond acceptors (Lipinski definition) is 3. The van der Waals surface area contributed by atoms with Crippen LogP contribution in [0.15, 0.2) is 22.7 Å². The van der Waals surface area contributed by atoms with Gasteiger partial charge in [0, 0.05) is 12.1 Å². The van der Waals surface area contributed by atoms with Crippen LogP contribution in [0.2, 0.25) is 0 Å². The average Bonchev–Trinajstić information content (AvgIpc) is 2.82. The van der Waals surface area contributed by atoms with Crippen molar-refractivity contribution in [2.24, 2.45) is 11.7 Å². The summed E-state index contributed by atoms with van der Waals surface area (Å²) >= 11 is 3.58. The Kier molecular flexibility index (Phi) is 4.87. The zero-order valence-electron chi connectivity index (χ0n) is 11.9. The van der Waals surface area contributed by atoms with Crippen molar-refractivity contribution in [1.29, 1.82) is 0 Å². The van der Waals surface area contributed by atoms with Gasteiger partial charge in [-0.1, -0.05) is 6.07 Å². The molecule has 0 radical (unpaired) electrons. The van der Waals surface area contributed by atoms with E-state index in [1.807, 2.05) is 6.07 Å². The van der Waals surface area contributed by atoms with Gasteiger partial charge in [0.2, 0.25) is 0 Å². The molecular formula is C15H23BrN2O. The van der Waals surface area contributed by atoms with E-state index in [-0.39, 0.29) is 0 Å². The Hall–Kier alpha value is -0.580. The van der Waals surface area contributed by atoms with E-state index < -0.39 is 0 Å². The second kappa shape index (κ2) is 6.25. The Bertz CT molecular complexity index is 436. The van der Waals surface area contributed by atoms with E-state index in [0.717, 1.165) is 23.3 Å². The lowest BCUT2D eigenvalue weighted by Gasteiger charge is -2.31. The first-order chi connectivity index (χ1) is 9.08. The Morgan fingerprint density at radius 3 is 2.74 bits per heavy atom. The van der Waals surface area contributed by atoms with Crippen molar-refractivity contribution in [1.82, 2.24) is 4.90 Å². The van der Waals surface area contributed by atoms with E-state index >= 15 is 0 Å². The molecule has 1 fully saturated rings. The van der Waals surface area contributed by atoms with Gasteiger partial charge in [-0.15, -0.1) is 0 Å². The monoisotopic (exact) mass is 326 g/mol. The molecule has 2 atom stereocenters. The molecule has 2 unspecified atom stereocenters. The van der Waals surface area contributed by atoms with E-state index in [1.165, 1.54) is 12.0 Å². The van der Waals surface area contributed by atoms with Gasteiger partial charge in [-0.2, -0.15) is 0 Å². The second-order valence-electron chi connectivity index (χ2n) is 5.45. The van der Waals surface area contributed by atoms with Crippen molar-refractivity contribution in [3.8, 4) is 5.75 Å². The van der Waals surface area contributed by atoms with Gasteiger partial charge in [-0.3, -0.25) is 4.90 Å². The molecule has 0 bridgehead atoms. The highest BCUT2D eigenvalue weighted by Crippen LogP contribution is 2.40. The van der Waals surface area contributed by atoms with Crippen molar-refractivity contribution in [3.63, 3.8) is 0 Å². The number of rotatable bonds is 4. The van der Waals surface area contributed by atoms with E-state index in [4.69, 9.17) is 10.5 Å². The zero-order valence-corrected chi connectivity index (χ0v) is 13.5. The van der Waals surface area contributed by atoms with Crippen molar-refractivity contribution in [2.45, 2.75) is 32.4 Å². The van der Waals surface area contributed by atoms with Crippen LogP contribution >= 0.6 is 15.9 Å². The zero-order chi connectivity index (χ0) is 14.0. The maximum atomic E-state index is 5.95. The van der Waals surface area contributed by atoms with Crippen LogP contribution in [-0.2, 0) is 0 Å². The molecule has 2 N–H and O–H groups in total. The molecule has 0 aromatic heterocycles. The molecule has 1 aliphatic heterocycles. The lowest BCUT2D eigenvalue weighted by molar-refractivity contribution is 0.184. The topological polar surface area (TPSA) is 38.5 Å². The van der Waals surface area contributed by atoms with Crippen LogP contribution in [-0.4, -0.2) is 31.1 Å². The van der Waals surface area contributed by atoms with Crippen LogP contribution in [0.25, 0.3) is 0 Å². The fourth-order valence-electron chi connectivity index (χ4n) is 3.04. The van der Waals surface area contributed by atoms with Gasteiger partial charge in [0.25, 0.3) is 0 Å². The van der Waals surface area contributed by atoms with E-state index in [0.29, 0.717) is 18.0 Å². The van der Waals surface area contributed by atoms with Crippen LogP contribution in [0.1, 0.15) is 31.9 Å². The SMILES string of the molecule is COc1ccc(C2C(CN)CCN2C(C)C)cc1Br. The van der Waals surface area contributed by atoms with Crippen LogP contribution in [0.4, 0.5) is 0 Å². The summed E-state index contributed by atoms with van der Waals surface area (Å²) < 4.78 is 6.32. The van der Waals surface area contributed by atoms with Gasteiger partial charge in [-0.25, -0.2) is 0 Å². The predicted octanol–water partition coefficient (Wildman–Crippen LogP) is 3.19. The van der Waals surface area contributed by atoms with E-state index in [2.05, 4.69) is 46.8 Å². The standard InChI is InChI=1S/C15H23BrN2O/c1-10(2)18-7-6-12(9-17)15(18)11-4-5-14(19-3)13(16)8-11/h4-5,8,10,12,15H,6-7,9,17H2,1-3H3. The fourth-order valence-corrected chi connectivity index (χ4v) is 3.60. The van der Waals surface area contributed by atoms with Crippen LogP contribution < -0.4 is 10.5 Å². The van der Waals surface area contributed by atoms with Gasteiger partial charge in [0.05, 0.1) is 11.6 Å². The maximum Gasteiger partial charge on any atom is 0.133 e. The molecule has 0 saturated carbocycles. The first-order valence-corrected chi connectivity index (χ1v) is 7.67. The highest BCUT2D eigenvalue weighted by Gasteiger charge is 2.35. The molecule has 1 heterocycles. The molecule has 1 saturated heterocycles. The Morgan fingerprint density at radius 2 is 2.21 bits per heavy atom. The highest BCUT2D eigenvalue weighted by atomic mass is 79.9. The normalized spacial score (nSPS) is 24.1. The van der Waals surface area contributed by atoms with Gasteiger partial charge < -0.3 is 10.5 Å². The Morgan fingerprint density at radius 1 is 1.47 bits per heavy atom. The van der Waals surface area contributed by atoms with E-state index in [1.54, 1.807) is 7.11 Å². The molecule has 0 spiro atoms. The number of ether oxygens (including phenoxy) is 1. The number of benzene rings is 1. The molecular weight excluding hydrogens is 304 g/mol. The smallest absolute Gasteiger partial charge is 0.133 e. The molecule has 3 nitrogen and oxygen atoms in total. The summed E-state index contributed by atoms with van der Waals surface area (Å²) in [5, 5.41) is 0. The number of hydrogen-bond donors (Lipinski definition) is 1. The Labute approximate surface area is 124 Å². The van der Waals surface area contributed by atoms with Crippen molar-refractivity contribution in [3.05, 3.63) is 28.2 Å². The van der Waals surface area contributed by atoms with Crippen LogP contribution in [0, 0.1) is 5.92 Å². The largest absolute Gasteiger partial charge is 0.496 e. The number of halogens is 1. The fraction of sp³-hybridized carbons (Fsp3) is 0.600. The summed E-state index contributed by atoms with van der Waals surface area (Å²) in [6, 6.07) is 7.34. The third kappa shape index (κ3) is 2.96. The summed E-state index contributed by atoms with van der Waals surface area (Å²) in [5.74, 6) is 1.42. The predicted molar refractivity (Wildman–Crippen MR) is 82.4 cm³/mol. The summed E-state index contributed by atoms with van der Waals surface area (Å²) in [4.78, 5) is 2.55. The molecule has 2 rings (SSSR count). The lowest BCUT2D eigenvalue weighted by atomic mass is 9.93. The summed E-state index contributed by atoms with van der Waals surface area (Å²) in [6.45, 7) is 6.39. The first-order valence-electron chi connectivity index (χ1n) is 6.87. The summed E-state index contributed by atoms with van der Waals surface area (Å²) in [5.41, 5.74) is 7.28. The average molecular weight is 327 g/mol. The molecule has 0 amide bonds. The van der Waals surface area contributed by atoms with Crippen molar-refractivity contribution in [2.75, 3.05) is 20.2 Å². The molecule has 1 aliphatic rings. The molecule has 0 aliphatic carbocycles. The molecule has 106 valence electrons. The minimum absolute atomic E-state index is 0.423. The van der Waals surface area contributed by atoms with E-state index in [9.17, 15) is 0 Å². The maximum absolute atomic E-state index is 5.95. The molecule has 1 aromatic carbocycles. The minimum atomic E-state index is 0.423. The lowest BCUT2D eigenvalue weighted by Crippen LogP contribution is -2.33. The van der Waals surface area contributed by atoms with Gasteiger partial charge >= 0.3 is 0 Å². The van der Waals surface area contributed by atoms with Gasteiger partial charge in [0.15, 0.2) is 0 Å².